The Balaban J connectivity index is 2.30. The Hall–Kier alpha value is -2.10. The molecular weight excluding hydrogens is 364 g/mol. The Morgan fingerprint density at radius 1 is 0.897 bits per heavy atom. The standard InChI is InChI=1S/C23H34N4O2/c1-4-7-8-9-10-11-12-13-19-21(15-24,16-25)22(17-26)18(6-3)23(28-19,14-5-2)29-20(22)27/h18-19,27H,4-14H2,1-3H3. The van der Waals surface area contributed by atoms with Gasteiger partial charge in [0.1, 0.15) is 0 Å². The van der Waals surface area contributed by atoms with Gasteiger partial charge >= 0.3 is 0 Å². The molecule has 158 valence electrons. The Labute approximate surface area is 175 Å². The third kappa shape index (κ3) is 3.51. The van der Waals surface area contributed by atoms with Gasteiger partial charge in [0.2, 0.25) is 11.7 Å². The lowest BCUT2D eigenvalue weighted by Gasteiger charge is -2.49. The van der Waals surface area contributed by atoms with Gasteiger partial charge in [-0.2, -0.15) is 15.8 Å². The number of hydrogen-bond acceptors (Lipinski definition) is 6. The molecule has 2 rings (SSSR count). The zero-order valence-electron chi connectivity index (χ0n) is 18.1. The number of fused-ring (bicyclic) bond motifs is 2. The molecule has 2 aliphatic rings. The lowest BCUT2D eigenvalue weighted by atomic mass is 9.53. The van der Waals surface area contributed by atoms with Crippen molar-refractivity contribution in [3.63, 3.8) is 0 Å². The van der Waals surface area contributed by atoms with Crippen LogP contribution in [0.15, 0.2) is 0 Å². The van der Waals surface area contributed by atoms with Crippen molar-refractivity contribution in [1.29, 1.82) is 21.2 Å². The first-order valence-corrected chi connectivity index (χ1v) is 11.2. The highest BCUT2D eigenvalue weighted by Gasteiger charge is 2.79. The zero-order chi connectivity index (χ0) is 21.5. The highest BCUT2D eigenvalue weighted by molar-refractivity contribution is 5.89. The molecule has 2 aliphatic heterocycles. The van der Waals surface area contributed by atoms with Crippen LogP contribution in [-0.4, -0.2) is 17.8 Å². The maximum absolute atomic E-state index is 10.2. The SMILES string of the molecule is CCCCCCCCCC1OC2(CCC)OC(=N)C(C#N)(C2CC)C1(C#N)C#N. The minimum atomic E-state index is -1.73. The highest BCUT2D eigenvalue weighted by Crippen LogP contribution is 2.65. The number of nitrogens with one attached hydrogen (secondary N) is 1. The van der Waals surface area contributed by atoms with Crippen LogP contribution in [0.5, 0.6) is 0 Å². The fraction of sp³-hybridized carbons (Fsp3) is 0.826. The van der Waals surface area contributed by atoms with Gasteiger partial charge in [0.25, 0.3) is 0 Å². The minimum Gasteiger partial charge on any atom is -0.447 e. The van der Waals surface area contributed by atoms with E-state index in [9.17, 15) is 15.8 Å². The normalized spacial score (nSPS) is 32.1. The Morgan fingerprint density at radius 2 is 1.52 bits per heavy atom. The summed E-state index contributed by atoms with van der Waals surface area (Å²) in [7, 11) is 0. The van der Waals surface area contributed by atoms with Gasteiger partial charge in [-0.15, -0.1) is 0 Å². The van der Waals surface area contributed by atoms with Crippen molar-refractivity contribution >= 4 is 5.90 Å². The second kappa shape index (κ2) is 9.60. The second-order valence-corrected chi connectivity index (χ2v) is 8.42. The van der Waals surface area contributed by atoms with Crippen molar-refractivity contribution in [1.82, 2.24) is 0 Å². The van der Waals surface area contributed by atoms with Crippen molar-refractivity contribution in [3.8, 4) is 18.2 Å². The number of nitrogens with zero attached hydrogens (tertiary/aromatic N) is 3. The monoisotopic (exact) mass is 398 g/mol. The molecule has 6 heteroatoms. The van der Waals surface area contributed by atoms with E-state index in [2.05, 4.69) is 25.1 Å². The average molecular weight is 399 g/mol. The molecule has 2 heterocycles. The summed E-state index contributed by atoms with van der Waals surface area (Å²) in [6, 6.07) is 6.48. The first kappa shape index (κ1) is 23.2. The predicted octanol–water partition coefficient (Wildman–Crippen LogP) is 5.60. The quantitative estimate of drug-likeness (QED) is 0.455. The first-order chi connectivity index (χ1) is 14.0. The summed E-state index contributed by atoms with van der Waals surface area (Å²) in [5.41, 5.74) is -3.31. The van der Waals surface area contributed by atoms with E-state index in [0.717, 1.165) is 25.7 Å². The van der Waals surface area contributed by atoms with Crippen LogP contribution >= 0.6 is 0 Å². The number of nitriles is 3. The van der Waals surface area contributed by atoms with E-state index in [-0.39, 0.29) is 5.90 Å². The molecule has 0 saturated carbocycles. The fourth-order valence-corrected chi connectivity index (χ4v) is 5.33. The van der Waals surface area contributed by atoms with Crippen LogP contribution in [-0.2, 0) is 9.47 Å². The predicted molar refractivity (Wildman–Crippen MR) is 109 cm³/mol. The second-order valence-electron chi connectivity index (χ2n) is 8.42. The van der Waals surface area contributed by atoms with Crippen LogP contribution < -0.4 is 0 Å². The van der Waals surface area contributed by atoms with Gasteiger partial charge in [-0.25, -0.2) is 0 Å². The Bertz CT molecular complexity index is 702. The zero-order valence-corrected chi connectivity index (χ0v) is 18.1. The number of hydrogen-bond donors (Lipinski definition) is 1. The molecule has 2 fully saturated rings. The van der Waals surface area contributed by atoms with E-state index < -0.39 is 28.6 Å². The molecule has 0 aromatic heterocycles. The summed E-state index contributed by atoms with van der Waals surface area (Å²) in [4.78, 5) is 0. The molecule has 2 saturated heterocycles. The molecule has 0 aromatic carbocycles. The largest absolute Gasteiger partial charge is 0.447 e. The average Bonchev–Trinajstić information content (AvgIpc) is 2.91. The van der Waals surface area contributed by atoms with Crippen LogP contribution in [0.2, 0.25) is 0 Å². The van der Waals surface area contributed by atoms with E-state index in [1.807, 2.05) is 13.8 Å². The molecule has 0 aromatic rings. The summed E-state index contributed by atoms with van der Waals surface area (Å²) in [6.45, 7) is 6.10. The summed E-state index contributed by atoms with van der Waals surface area (Å²) in [6.07, 6.45) is 9.44. The van der Waals surface area contributed by atoms with Crippen LogP contribution in [0, 0.1) is 56.2 Å². The van der Waals surface area contributed by atoms with Crippen molar-refractivity contribution in [2.75, 3.05) is 0 Å². The van der Waals surface area contributed by atoms with Gasteiger partial charge in [0, 0.05) is 6.42 Å². The maximum Gasteiger partial charge on any atom is 0.217 e. The molecule has 4 unspecified atom stereocenters. The Kier molecular flexibility index (Phi) is 7.67. The molecule has 0 spiro atoms. The van der Waals surface area contributed by atoms with E-state index in [1.54, 1.807) is 0 Å². The van der Waals surface area contributed by atoms with Crippen molar-refractivity contribution in [3.05, 3.63) is 0 Å². The molecular formula is C23H34N4O2. The third-order valence-corrected chi connectivity index (χ3v) is 6.74. The molecule has 6 nitrogen and oxygen atoms in total. The number of rotatable bonds is 11. The molecule has 0 aliphatic carbocycles. The van der Waals surface area contributed by atoms with Gasteiger partial charge in [-0.05, 0) is 19.3 Å². The number of ether oxygens (including phenoxy) is 2. The summed E-state index contributed by atoms with van der Waals surface area (Å²) < 4.78 is 12.3. The highest BCUT2D eigenvalue weighted by atomic mass is 16.7. The van der Waals surface area contributed by atoms with Gasteiger partial charge in [0.05, 0.1) is 30.2 Å². The smallest absolute Gasteiger partial charge is 0.217 e. The fourth-order valence-electron chi connectivity index (χ4n) is 5.33. The van der Waals surface area contributed by atoms with E-state index in [4.69, 9.17) is 14.9 Å². The molecule has 2 bridgehead atoms. The summed E-state index contributed by atoms with van der Waals surface area (Å²) in [5, 5.41) is 38.9. The van der Waals surface area contributed by atoms with E-state index in [0.29, 0.717) is 19.3 Å². The Morgan fingerprint density at radius 3 is 2.03 bits per heavy atom. The van der Waals surface area contributed by atoms with Crippen LogP contribution in [0.1, 0.15) is 91.4 Å². The van der Waals surface area contributed by atoms with Gasteiger partial charge < -0.3 is 9.47 Å². The van der Waals surface area contributed by atoms with Crippen LogP contribution in [0.3, 0.4) is 0 Å². The molecule has 0 radical (unpaired) electrons. The van der Waals surface area contributed by atoms with Crippen molar-refractivity contribution in [2.24, 2.45) is 16.7 Å². The minimum absolute atomic E-state index is 0.273. The summed E-state index contributed by atoms with van der Waals surface area (Å²) >= 11 is 0. The van der Waals surface area contributed by atoms with Crippen LogP contribution in [0.4, 0.5) is 0 Å². The maximum atomic E-state index is 10.2. The molecule has 4 atom stereocenters. The van der Waals surface area contributed by atoms with Crippen LogP contribution in [0.25, 0.3) is 0 Å². The van der Waals surface area contributed by atoms with Crippen molar-refractivity contribution < 1.29 is 9.47 Å². The third-order valence-electron chi connectivity index (χ3n) is 6.74. The lowest BCUT2D eigenvalue weighted by Crippen LogP contribution is -2.62. The number of unbranched alkanes of at least 4 members (excludes halogenated alkanes) is 6. The first-order valence-electron chi connectivity index (χ1n) is 11.2. The van der Waals surface area contributed by atoms with Gasteiger partial charge in [0.15, 0.2) is 10.8 Å². The topological polar surface area (TPSA) is 114 Å². The van der Waals surface area contributed by atoms with Gasteiger partial charge in [-0.1, -0.05) is 65.7 Å². The molecule has 0 amide bonds. The van der Waals surface area contributed by atoms with E-state index >= 15 is 0 Å². The van der Waals surface area contributed by atoms with Gasteiger partial charge in [-0.3, -0.25) is 5.41 Å². The molecule has 1 N–H and O–H groups in total. The lowest BCUT2D eigenvalue weighted by molar-refractivity contribution is -0.284. The molecule has 29 heavy (non-hydrogen) atoms. The summed E-state index contributed by atoms with van der Waals surface area (Å²) in [5.74, 6) is -1.86. The van der Waals surface area contributed by atoms with Crippen molar-refractivity contribution in [2.45, 2.75) is 103 Å². The van der Waals surface area contributed by atoms with E-state index in [1.165, 1.54) is 25.7 Å².